The molecule has 1 fully saturated rings. The Morgan fingerprint density at radius 1 is 1.00 bits per heavy atom. The van der Waals surface area contributed by atoms with Crippen LogP contribution < -0.4 is 16.0 Å². The Labute approximate surface area is 165 Å². The molecule has 1 saturated heterocycles. The lowest BCUT2D eigenvalue weighted by atomic mass is 10.2. The van der Waals surface area contributed by atoms with E-state index in [1.165, 1.54) is 0 Å². The zero-order valence-electron chi connectivity index (χ0n) is 16.0. The maximum absolute atomic E-state index is 12.3. The minimum absolute atomic E-state index is 0.193. The molecular formula is C21H26N4O3. The zero-order valence-corrected chi connectivity index (χ0v) is 16.0. The second-order valence-corrected chi connectivity index (χ2v) is 6.73. The highest BCUT2D eigenvalue weighted by atomic mass is 16.5. The third-order valence-electron chi connectivity index (χ3n) is 4.64. The molecule has 0 aromatic heterocycles. The Balaban J connectivity index is 1.49. The van der Waals surface area contributed by atoms with Gasteiger partial charge < -0.3 is 20.7 Å². The average molecular weight is 382 g/mol. The molecule has 0 saturated carbocycles. The Kier molecular flexibility index (Phi) is 7.00. The largest absolute Gasteiger partial charge is 0.379 e. The second kappa shape index (κ2) is 9.87. The van der Waals surface area contributed by atoms with Gasteiger partial charge in [-0.1, -0.05) is 24.3 Å². The molecule has 0 bridgehead atoms. The number of urea groups is 1. The number of nitrogens with zero attached hydrogens (tertiary/aromatic N) is 1. The number of benzene rings is 2. The van der Waals surface area contributed by atoms with Gasteiger partial charge >= 0.3 is 6.03 Å². The fourth-order valence-corrected chi connectivity index (χ4v) is 3.03. The van der Waals surface area contributed by atoms with Crippen molar-refractivity contribution in [1.29, 1.82) is 0 Å². The van der Waals surface area contributed by atoms with E-state index >= 15 is 0 Å². The van der Waals surface area contributed by atoms with Crippen molar-refractivity contribution >= 4 is 23.3 Å². The molecule has 1 unspecified atom stereocenters. The van der Waals surface area contributed by atoms with Gasteiger partial charge in [-0.25, -0.2) is 4.79 Å². The molecule has 7 nitrogen and oxygen atoms in total. The summed E-state index contributed by atoms with van der Waals surface area (Å²) in [5.74, 6) is -0.193. The van der Waals surface area contributed by atoms with Crippen LogP contribution in [0.1, 0.15) is 17.3 Å². The first-order valence-electron chi connectivity index (χ1n) is 9.45. The van der Waals surface area contributed by atoms with E-state index in [2.05, 4.69) is 27.8 Å². The summed E-state index contributed by atoms with van der Waals surface area (Å²) < 4.78 is 5.35. The molecule has 1 heterocycles. The van der Waals surface area contributed by atoms with Crippen molar-refractivity contribution in [3.05, 3.63) is 60.2 Å². The number of hydrogen-bond acceptors (Lipinski definition) is 4. The van der Waals surface area contributed by atoms with E-state index in [1.54, 1.807) is 36.4 Å². The van der Waals surface area contributed by atoms with Gasteiger partial charge in [-0.05, 0) is 37.3 Å². The number of anilines is 2. The van der Waals surface area contributed by atoms with Gasteiger partial charge in [0.15, 0.2) is 0 Å². The molecule has 3 rings (SSSR count). The molecule has 3 N–H and O–H groups in total. The summed E-state index contributed by atoms with van der Waals surface area (Å²) in [7, 11) is 0. The van der Waals surface area contributed by atoms with Gasteiger partial charge in [0.1, 0.15) is 0 Å². The van der Waals surface area contributed by atoms with Crippen molar-refractivity contribution in [3.63, 3.8) is 0 Å². The third-order valence-corrected chi connectivity index (χ3v) is 4.64. The molecule has 0 spiro atoms. The smallest absolute Gasteiger partial charge is 0.319 e. The van der Waals surface area contributed by atoms with Crippen LogP contribution in [0.15, 0.2) is 54.6 Å². The van der Waals surface area contributed by atoms with Crippen LogP contribution in [-0.2, 0) is 4.74 Å². The Hall–Kier alpha value is -2.90. The van der Waals surface area contributed by atoms with Gasteiger partial charge in [0.2, 0.25) is 0 Å². The van der Waals surface area contributed by atoms with Gasteiger partial charge in [-0.3, -0.25) is 9.69 Å². The van der Waals surface area contributed by atoms with Gasteiger partial charge in [-0.2, -0.15) is 0 Å². The van der Waals surface area contributed by atoms with Crippen molar-refractivity contribution < 1.29 is 14.3 Å². The highest BCUT2D eigenvalue weighted by molar-refractivity contribution is 6.04. The molecule has 0 radical (unpaired) electrons. The Bertz CT molecular complexity index is 791. The fraction of sp³-hybridized carbons (Fsp3) is 0.333. The summed E-state index contributed by atoms with van der Waals surface area (Å²) in [5.41, 5.74) is 1.81. The van der Waals surface area contributed by atoms with Gasteiger partial charge in [0, 0.05) is 42.6 Å². The van der Waals surface area contributed by atoms with E-state index in [4.69, 9.17) is 4.74 Å². The predicted octanol–water partition coefficient (Wildman–Crippen LogP) is 2.78. The SMILES string of the molecule is CC(CNC(=O)Nc1cccc(NC(=O)c2ccccc2)c1)N1CCOCC1. The summed E-state index contributed by atoms with van der Waals surface area (Å²) in [6.45, 7) is 5.87. The minimum Gasteiger partial charge on any atom is -0.379 e. The number of nitrogens with one attached hydrogen (secondary N) is 3. The van der Waals surface area contributed by atoms with Crippen LogP contribution in [0.2, 0.25) is 0 Å². The summed E-state index contributed by atoms with van der Waals surface area (Å²) >= 11 is 0. The summed E-state index contributed by atoms with van der Waals surface area (Å²) in [6, 6.07) is 16.0. The maximum Gasteiger partial charge on any atom is 0.319 e. The van der Waals surface area contributed by atoms with Gasteiger partial charge in [0.05, 0.1) is 13.2 Å². The lowest BCUT2D eigenvalue weighted by molar-refractivity contribution is 0.0209. The topological polar surface area (TPSA) is 82.7 Å². The third kappa shape index (κ3) is 5.80. The lowest BCUT2D eigenvalue weighted by Crippen LogP contribution is -2.47. The number of rotatable bonds is 6. The lowest BCUT2D eigenvalue weighted by Gasteiger charge is -2.32. The number of amides is 3. The second-order valence-electron chi connectivity index (χ2n) is 6.73. The van der Waals surface area contributed by atoms with Crippen molar-refractivity contribution in [3.8, 4) is 0 Å². The molecule has 7 heteroatoms. The molecule has 3 amide bonds. The van der Waals surface area contributed by atoms with Crippen LogP contribution >= 0.6 is 0 Å². The van der Waals surface area contributed by atoms with Crippen LogP contribution in [0.4, 0.5) is 16.2 Å². The van der Waals surface area contributed by atoms with Crippen LogP contribution in [0.5, 0.6) is 0 Å². The average Bonchev–Trinajstić information content (AvgIpc) is 2.73. The first kappa shape index (κ1) is 19.9. The minimum atomic E-state index is -0.272. The molecule has 1 atom stereocenters. The number of morpholine rings is 1. The predicted molar refractivity (Wildman–Crippen MR) is 110 cm³/mol. The molecular weight excluding hydrogens is 356 g/mol. The maximum atomic E-state index is 12.3. The molecule has 2 aromatic carbocycles. The highest BCUT2D eigenvalue weighted by Crippen LogP contribution is 2.16. The van der Waals surface area contributed by atoms with Crippen LogP contribution in [0, 0.1) is 0 Å². The Morgan fingerprint density at radius 3 is 2.39 bits per heavy atom. The van der Waals surface area contributed by atoms with Crippen molar-refractivity contribution in [1.82, 2.24) is 10.2 Å². The van der Waals surface area contributed by atoms with Crippen molar-refractivity contribution in [2.75, 3.05) is 43.5 Å². The summed E-state index contributed by atoms with van der Waals surface area (Å²) in [5, 5.41) is 8.54. The number of hydrogen-bond donors (Lipinski definition) is 3. The standard InChI is InChI=1S/C21H26N4O3/c1-16(25-10-12-28-13-11-25)15-22-21(27)24-19-9-5-8-18(14-19)23-20(26)17-6-3-2-4-7-17/h2-9,14,16H,10-13,15H2,1H3,(H,23,26)(H2,22,24,27). The van der Waals surface area contributed by atoms with E-state index in [-0.39, 0.29) is 18.0 Å². The van der Waals surface area contributed by atoms with Crippen LogP contribution in [0.25, 0.3) is 0 Å². The summed E-state index contributed by atoms with van der Waals surface area (Å²) in [4.78, 5) is 26.7. The van der Waals surface area contributed by atoms with Crippen molar-refractivity contribution in [2.24, 2.45) is 0 Å². The molecule has 2 aromatic rings. The summed E-state index contributed by atoms with van der Waals surface area (Å²) in [6.07, 6.45) is 0. The first-order chi connectivity index (χ1) is 13.6. The highest BCUT2D eigenvalue weighted by Gasteiger charge is 2.17. The molecule has 28 heavy (non-hydrogen) atoms. The van der Waals surface area contributed by atoms with E-state index in [0.29, 0.717) is 23.5 Å². The monoisotopic (exact) mass is 382 g/mol. The molecule has 1 aliphatic rings. The van der Waals surface area contributed by atoms with E-state index in [1.807, 2.05) is 18.2 Å². The van der Waals surface area contributed by atoms with E-state index < -0.39 is 0 Å². The number of carbonyl (C=O) groups is 2. The van der Waals surface area contributed by atoms with Crippen LogP contribution in [0.3, 0.4) is 0 Å². The number of carbonyl (C=O) groups excluding carboxylic acids is 2. The van der Waals surface area contributed by atoms with E-state index in [9.17, 15) is 9.59 Å². The van der Waals surface area contributed by atoms with Crippen LogP contribution in [-0.4, -0.2) is 55.7 Å². The molecule has 148 valence electrons. The molecule has 0 aliphatic carbocycles. The van der Waals surface area contributed by atoms with Gasteiger partial charge in [0.25, 0.3) is 5.91 Å². The first-order valence-corrected chi connectivity index (χ1v) is 9.45. The zero-order chi connectivity index (χ0) is 19.8. The van der Waals surface area contributed by atoms with E-state index in [0.717, 1.165) is 26.3 Å². The van der Waals surface area contributed by atoms with Gasteiger partial charge in [-0.15, -0.1) is 0 Å². The Morgan fingerprint density at radius 2 is 1.68 bits per heavy atom. The fourth-order valence-electron chi connectivity index (χ4n) is 3.03. The number of ether oxygens (including phenoxy) is 1. The normalized spacial score (nSPS) is 15.5. The quantitative estimate of drug-likeness (QED) is 0.717. The molecule has 1 aliphatic heterocycles. The van der Waals surface area contributed by atoms with Crippen molar-refractivity contribution in [2.45, 2.75) is 13.0 Å².